The van der Waals surface area contributed by atoms with Crippen LogP contribution in [-0.4, -0.2) is 33.7 Å². The van der Waals surface area contributed by atoms with Crippen LogP contribution in [0.15, 0.2) is 18.3 Å². The van der Waals surface area contributed by atoms with Crippen molar-refractivity contribution < 1.29 is 5.11 Å². The molecule has 4 heteroatoms. The summed E-state index contributed by atoms with van der Waals surface area (Å²) >= 11 is 5.98. The fourth-order valence-corrected chi connectivity index (χ4v) is 2.16. The maximum atomic E-state index is 10.1. The minimum Gasteiger partial charge on any atom is -0.387 e. The monoisotopic (exact) mass is 240 g/mol. The Labute approximate surface area is 101 Å². The van der Waals surface area contributed by atoms with E-state index in [1.54, 1.807) is 6.20 Å². The molecule has 0 bridgehead atoms. The fourth-order valence-electron chi connectivity index (χ4n) is 1.98. The molecule has 88 valence electrons. The second kappa shape index (κ2) is 4.32. The zero-order valence-corrected chi connectivity index (χ0v) is 10.4. The molecule has 1 fully saturated rings. The summed E-state index contributed by atoms with van der Waals surface area (Å²) < 4.78 is 0. The van der Waals surface area contributed by atoms with Gasteiger partial charge in [0.05, 0.1) is 5.60 Å². The third kappa shape index (κ3) is 2.21. The number of rotatable bonds is 3. The predicted octanol–water partition coefficient (Wildman–Crippen LogP) is 1.94. The van der Waals surface area contributed by atoms with Gasteiger partial charge >= 0.3 is 0 Å². The van der Waals surface area contributed by atoms with Crippen LogP contribution < -0.4 is 0 Å². The van der Waals surface area contributed by atoms with Crippen molar-refractivity contribution in [2.24, 2.45) is 5.92 Å². The lowest BCUT2D eigenvalue weighted by molar-refractivity contribution is -0.130. The highest BCUT2D eigenvalue weighted by Crippen LogP contribution is 2.30. The van der Waals surface area contributed by atoms with Crippen molar-refractivity contribution in [1.82, 2.24) is 9.88 Å². The van der Waals surface area contributed by atoms with Crippen molar-refractivity contribution in [3.63, 3.8) is 0 Å². The predicted molar refractivity (Wildman–Crippen MR) is 64.3 cm³/mol. The molecule has 0 spiro atoms. The van der Waals surface area contributed by atoms with Crippen molar-refractivity contribution >= 4 is 11.6 Å². The van der Waals surface area contributed by atoms with Gasteiger partial charge in [0.25, 0.3) is 0 Å². The maximum absolute atomic E-state index is 10.1. The number of pyridine rings is 1. The van der Waals surface area contributed by atoms with Gasteiger partial charge < -0.3 is 5.11 Å². The van der Waals surface area contributed by atoms with Crippen LogP contribution in [0.1, 0.15) is 19.4 Å². The van der Waals surface area contributed by atoms with Gasteiger partial charge in [-0.25, -0.2) is 4.98 Å². The van der Waals surface area contributed by atoms with Gasteiger partial charge in [-0.15, -0.1) is 0 Å². The molecule has 2 rings (SSSR count). The Bertz CT molecular complexity index is 375. The molecule has 16 heavy (non-hydrogen) atoms. The highest BCUT2D eigenvalue weighted by atomic mass is 35.5. The highest BCUT2D eigenvalue weighted by molar-refractivity contribution is 6.30. The average molecular weight is 241 g/mol. The standard InChI is InChI=1S/C12H17ClN2O/c1-9(2)12(16)7-15(8-12)6-10-4-3-5-14-11(10)13/h3-5,9,16H,6-8H2,1-2H3. The molecule has 3 nitrogen and oxygen atoms in total. The molecular weight excluding hydrogens is 224 g/mol. The molecular formula is C12H17ClN2O. The van der Waals surface area contributed by atoms with Crippen LogP contribution in [0.25, 0.3) is 0 Å². The van der Waals surface area contributed by atoms with E-state index in [9.17, 15) is 5.11 Å². The Balaban J connectivity index is 1.93. The number of aliphatic hydroxyl groups is 1. The maximum Gasteiger partial charge on any atom is 0.133 e. The van der Waals surface area contributed by atoms with Crippen molar-refractivity contribution in [2.45, 2.75) is 26.0 Å². The van der Waals surface area contributed by atoms with Crippen LogP contribution in [0.3, 0.4) is 0 Å². The van der Waals surface area contributed by atoms with Gasteiger partial charge in [0, 0.05) is 31.4 Å². The molecule has 0 atom stereocenters. The molecule has 0 aliphatic carbocycles. The lowest BCUT2D eigenvalue weighted by atomic mass is 9.83. The van der Waals surface area contributed by atoms with E-state index >= 15 is 0 Å². The summed E-state index contributed by atoms with van der Waals surface area (Å²) in [6.07, 6.45) is 1.69. The Morgan fingerprint density at radius 3 is 2.81 bits per heavy atom. The normalized spacial score (nSPS) is 19.8. The molecule has 0 amide bonds. The van der Waals surface area contributed by atoms with Gasteiger partial charge in [0.2, 0.25) is 0 Å². The van der Waals surface area contributed by atoms with Crippen LogP contribution in [0, 0.1) is 5.92 Å². The van der Waals surface area contributed by atoms with Crippen molar-refractivity contribution in [2.75, 3.05) is 13.1 Å². The summed E-state index contributed by atoms with van der Waals surface area (Å²) in [6, 6.07) is 3.86. The molecule has 1 aromatic rings. The minimum absolute atomic E-state index is 0.299. The minimum atomic E-state index is -0.519. The lowest BCUT2D eigenvalue weighted by Gasteiger charge is -2.49. The van der Waals surface area contributed by atoms with E-state index in [0.29, 0.717) is 11.1 Å². The van der Waals surface area contributed by atoms with Gasteiger partial charge in [0.15, 0.2) is 0 Å². The lowest BCUT2D eigenvalue weighted by Crippen LogP contribution is -2.63. The van der Waals surface area contributed by atoms with Gasteiger partial charge in [0.1, 0.15) is 5.15 Å². The van der Waals surface area contributed by atoms with Crippen molar-refractivity contribution in [3.8, 4) is 0 Å². The topological polar surface area (TPSA) is 36.4 Å². The number of hydrogen-bond donors (Lipinski definition) is 1. The van der Waals surface area contributed by atoms with Crippen LogP contribution in [0.2, 0.25) is 5.15 Å². The SMILES string of the molecule is CC(C)C1(O)CN(Cc2cccnc2Cl)C1. The summed E-state index contributed by atoms with van der Waals surface area (Å²) in [7, 11) is 0. The molecule has 0 radical (unpaired) electrons. The molecule has 1 aliphatic heterocycles. The second-order valence-electron chi connectivity index (χ2n) is 4.86. The number of aromatic nitrogens is 1. The number of hydrogen-bond acceptors (Lipinski definition) is 3. The third-order valence-electron chi connectivity index (χ3n) is 3.30. The molecule has 2 heterocycles. The molecule has 1 aliphatic rings. The van der Waals surface area contributed by atoms with Crippen LogP contribution in [-0.2, 0) is 6.54 Å². The fraction of sp³-hybridized carbons (Fsp3) is 0.583. The number of nitrogens with zero attached hydrogens (tertiary/aromatic N) is 2. The molecule has 0 aromatic carbocycles. The van der Waals surface area contributed by atoms with Gasteiger partial charge in [-0.2, -0.15) is 0 Å². The van der Waals surface area contributed by atoms with E-state index in [0.717, 1.165) is 25.2 Å². The molecule has 1 N–H and O–H groups in total. The third-order valence-corrected chi connectivity index (χ3v) is 3.64. The summed E-state index contributed by atoms with van der Waals surface area (Å²) in [5, 5.41) is 10.7. The first kappa shape index (κ1) is 11.8. The smallest absolute Gasteiger partial charge is 0.133 e. The van der Waals surface area contributed by atoms with Gasteiger partial charge in [-0.3, -0.25) is 4.90 Å². The Morgan fingerprint density at radius 2 is 2.25 bits per heavy atom. The number of halogens is 1. The first-order chi connectivity index (χ1) is 7.51. The van der Waals surface area contributed by atoms with E-state index in [1.807, 2.05) is 26.0 Å². The van der Waals surface area contributed by atoms with E-state index < -0.39 is 5.60 Å². The van der Waals surface area contributed by atoms with Crippen LogP contribution in [0.5, 0.6) is 0 Å². The van der Waals surface area contributed by atoms with E-state index in [2.05, 4.69) is 9.88 Å². The molecule has 0 unspecified atom stereocenters. The zero-order chi connectivity index (χ0) is 11.8. The first-order valence-corrected chi connectivity index (χ1v) is 5.93. The Morgan fingerprint density at radius 1 is 1.56 bits per heavy atom. The highest BCUT2D eigenvalue weighted by Gasteiger charge is 2.43. The van der Waals surface area contributed by atoms with E-state index in [-0.39, 0.29) is 0 Å². The first-order valence-electron chi connectivity index (χ1n) is 5.55. The molecule has 1 saturated heterocycles. The van der Waals surface area contributed by atoms with Crippen LogP contribution >= 0.6 is 11.6 Å². The van der Waals surface area contributed by atoms with E-state index in [1.165, 1.54) is 0 Å². The van der Waals surface area contributed by atoms with Gasteiger partial charge in [-0.1, -0.05) is 31.5 Å². The second-order valence-corrected chi connectivity index (χ2v) is 5.21. The Hall–Kier alpha value is -0.640. The zero-order valence-electron chi connectivity index (χ0n) is 9.65. The summed E-state index contributed by atoms with van der Waals surface area (Å²) in [5.74, 6) is 0.299. The summed E-state index contributed by atoms with van der Waals surface area (Å²) in [5.41, 5.74) is 0.504. The van der Waals surface area contributed by atoms with Crippen LogP contribution in [0.4, 0.5) is 0 Å². The number of β-amino-alcohol motifs (C(OH)–C–C–N with tert-alkyl or cyclic N) is 1. The summed E-state index contributed by atoms with van der Waals surface area (Å²) in [6.45, 7) is 6.30. The van der Waals surface area contributed by atoms with Crippen molar-refractivity contribution in [1.29, 1.82) is 0 Å². The van der Waals surface area contributed by atoms with E-state index in [4.69, 9.17) is 11.6 Å². The van der Waals surface area contributed by atoms with Crippen molar-refractivity contribution in [3.05, 3.63) is 29.0 Å². The molecule has 1 aromatic heterocycles. The van der Waals surface area contributed by atoms with Gasteiger partial charge in [-0.05, 0) is 12.0 Å². The summed E-state index contributed by atoms with van der Waals surface area (Å²) in [4.78, 5) is 6.22. The Kier molecular flexibility index (Phi) is 3.19. The quantitative estimate of drug-likeness (QED) is 0.821. The average Bonchev–Trinajstić information content (AvgIpc) is 2.18. The largest absolute Gasteiger partial charge is 0.387 e. The number of likely N-dealkylation sites (tertiary alicyclic amines) is 1. The molecule has 0 saturated carbocycles.